The maximum atomic E-state index is 12.9. The molecular formula is C36H34MgN6O10S2. The molecule has 0 fully saturated rings. The smallest absolute Gasteiger partial charge is 0.860 e. The first-order chi connectivity index (χ1) is 25.1. The molecule has 0 aromatic heterocycles. The molecule has 4 aromatic carbocycles. The number of rotatable bonds is 13. The number of Topliss-reactive ketones (excluding diaryl/α,β-unsaturated/α-hetero) is 2. The van der Waals surface area contributed by atoms with Gasteiger partial charge < -0.3 is 10.2 Å². The Morgan fingerprint density at radius 1 is 0.582 bits per heavy atom. The van der Waals surface area contributed by atoms with Crippen molar-refractivity contribution in [1.82, 2.24) is 0 Å². The summed E-state index contributed by atoms with van der Waals surface area (Å²) in [6, 6.07) is 12.9. The number of aliphatic imine (C=N–C) groups is 2. The minimum absolute atomic E-state index is 0. The van der Waals surface area contributed by atoms with E-state index < -0.39 is 76.6 Å². The van der Waals surface area contributed by atoms with Gasteiger partial charge in [0.1, 0.15) is 9.79 Å². The Balaban J connectivity index is 0.00000812. The minimum Gasteiger partial charge on any atom is -0.860 e. The second-order valence-electron chi connectivity index (χ2n) is 12.2. The summed E-state index contributed by atoms with van der Waals surface area (Å²) in [6.07, 6.45) is 0. The van der Waals surface area contributed by atoms with Gasteiger partial charge in [0.05, 0.1) is 22.7 Å². The van der Waals surface area contributed by atoms with Crippen LogP contribution >= 0.6 is 0 Å². The van der Waals surface area contributed by atoms with Crippen LogP contribution in [0.1, 0.15) is 36.1 Å². The first kappa shape index (κ1) is 44.3. The van der Waals surface area contributed by atoms with Crippen LogP contribution in [0.3, 0.4) is 0 Å². The molecule has 0 radical (unpaired) electrons. The predicted molar refractivity (Wildman–Crippen MR) is 201 cm³/mol. The van der Waals surface area contributed by atoms with E-state index in [0.29, 0.717) is 22.5 Å². The molecule has 4 aromatic rings. The van der Waals surface area contributed by atoms with Crippen LogP contribution in [0.5, 0.6) is 0 Å². The molecule has 0 saturated carbocycles. The largest absolute Gasteiger partial charge is 2.00 e. The fourth-order valence-electron chi connectivity index (χ4n) is 5.10. The van der Waals surface area contributed by atoms with E-state index in [0.717, 1.165) is 61.4 Å². The van der Waals surface area contributed by atoms with Gasteiger partial charge in [0.15, 0.2) is 23.7 Å². The molecule has 2 unspecified atom stereocenters. The Bertz CT molecular complexity index is 2330. The number of carbonyl (C=O) groups is 2. The molecule has 19 heteroatoms. The number of hydrogen-bond donors (Lipinski definition) is 2. The second-order valence-corrected chi connectivity index (χ2v) is 15.0. The van der Waals surface area contributed by atoms with Gasteiger partial charge in [0.2, 0.25) is 0 Å². The Morgan fingerprint density at radius 2 is 0.927 bits per heavy atom. The molecule has 0 aliphatic heterocycles. The fraction of sp³-hybridized carbons (Fsp3) is 0.222. The van der Waals surface area contributed by atoms with Crippen molar-refractivity contribution < 1.29 is 45.7 Å². The van der Waals surface area contributed by atoms with Crippen LogP contribution in [0.15, 0.2) is 113 Å². The Kier molecular flexibility index (Phi) is 14.6. The van der Waals surface area contributed by atoms with E-state index in [9.17, 15) is 45.7 Å². The van der Waals surface area contributed by atoms with E-state index >= 15 is 0 Å². The van der Waals surface area contributed by atoms with Gasteiger partial charge in [-0.15, -0.1) is 0 Å². The van der Waals surface area contributed by atoms with Gasteiger partial charge in [0, 0.05) is 11.1 Å². The molecule has 4 rings (SSSR count). The summed E-state index contributed by atoms with van der Waals surface area (Å²) in [5, 5.41) is 40.9. The topological polar surface area (TPSA) is 263 Å². The predicted octanol–water partition coefficient (Wildman–Crippen LogP) is 4.96. The van der Waals surface area contributed by atoms with Crippen molar-refractivity contribution in [3.05, 3.63) is 95.1 Å². The average molecular weight is 799 g/mol. The summed E-state index contributed by atoms with van der Waals surface area (Å²) >= 11 is 0. The minimum atomic E-state index is -5.13. The molecule has 2 N–H and O–H groups in total. The number of azo groups is 2. The molecule has 0 amide bonds. The van der Waals surface area contributed by atoms with Gasteiger partial charge in [-0.25, -0.2) is 0 Å². The van der Waals surface area contributed by atoms with Gasteiger partial charge in [0.25, 0.3) is 20.2 Å². The van der Waals surface area contributed by atoms with E-state index in [1.807, 2.05) is 13.8 Å². The Labute approximate surface area is 333 Å². The van der Waals surface area contributed by atoms with Crippen LogP contribution in [0, 0.1) is 27.7 Å². The molecule has 0 heterocycles. The molecule has 282 valence electrons. The molecule has 0 saturated heterocycles. The summed E-state index contributed by atoms with van der Waals surface area (Å²) in [7, 11) is -10.3. The normalized spacial score (nSPS) is 13.8. The monoisotopic (exact) mass is 798 g/mol. The zero-order chi connectivity index (χ0) is 40.1. The summed E-state index contributed by atoms with van der Waals surface area (Å²) < 4.78 is 70.4. The van der Waals surface area contributed by atoms with Crippen molar-refractivity contribution in [3.63, 3.8) is 0 Å². The van der Waals surface area contributed by atoms with Gasteiger partial charge in [-0.3, -0.25) is 28.7 Å². The number of aryl methyl sites for hydroxylation is 4. The van der Waals surface area contributed by atoms with Crippen molar-refractivity contribution in [2.45, 2.75) is 63.4 Å². The number of ketones is 2. The first-order valence-electron chi connectivity index (χ1n) is 15.9. The molecule has 0 aliphatic rings. The van der Waals surface area contributed by atoms with Gasteiger partial charge in [-0.1, -0.05) is 47.5 Å². The fourth-order valence-corrected chi connectivity index (χ4v) is 6.55. The molecular weight excluding hydrogens is 765 g/mol. The van der Waals surface area contributed by atoms with Gasteiger partial charge in [-0.2, -0.15) is 37.3 Å². The maximum Gasteiger partial charge on any atom is 2.00 e. The summed E-state index contributed by atoms with van der Waals surface area (Å²) in [5.41, 5.74) is 2.46. The Morgan fingerprint density at radius 3 is 1.22 bits per heavy atom. The zero-order valence-corrected chi connectivity index (χ0v) is 33.5. The van der Waals surface area contributed by atoms with E-state index in [-0.39, 0.29) is 34.4 Å². The van der Waals surface area contributed by atoms with Crippen molar-refractivity contribution in [2.75, 3.05) is 0 Å². The van der Waals surface area contributed by atoms with E-state index in [2.05, 4.69) is 30.4 Å². The van der Waals surface area contributed by atoms with Crippen LogP contribution in [0.25, 0.3) is 11.1 Å². The third-order valence-electron chi connectivity index (χ3n) is 7.76. The standard InChI is InChI=1S/C36H36N6O10S2.Mg/c1-19-7-13-29(21(3)15-19)37-35(45)33(23(5)43)41-39-25-9-11-27(31(17-25)53(47,48)49)28-12-10-26(18-32(28)54(50,51)52)40-42-34(24(6)44)36(46)38-30-14-8-20(2)16-22(30)4;/h7-18,33-34H,1-6H3,(H,37,45)(H,38,46)(H,47,48,49)(H,50,51,52);/q;+2/p-2. The van der Waals surface area contributed by atoms with Crippen LogP contribution in [0.2, 0.25) is 0 Å². The van der Waals surface area contributed by atoms with Crippen LogP contribution < -0.4 is 10.2 Å². The molecule has 55 heavy (non-hydrogen) atoms. The Hall–Kier alpha value is -5.05. The number of benzene rings is 4. The van der Waals surface area contributed by atoms with Gasteiger partial charge >= 0.3 is 23.1 Å². The molecule has 0 spiro atoms. The maximum absolute atomic E-state index is 12.9. The van der Waals surface area contributed by atoms with Crippen LogP contribution in [0.4, 0.5) is 22.7 Å². The van der Waals surface area contributed by atoms with Crippen LogP contribution in [-0.4, -0.2) is 84.4 Å². The summed E-state index contributed by atoms with van der Waals surface area (Å²) in [5.74, 6) is -3.30. The summed E-state index contributed by atoms with van der Waals surface area (Å²) in [4.78, 5) is 30.8. The van der Waals surface area contributed by atoms with E-state index in [1.54, 1.807) is 50.2 Å². The third kappa shape index (κ3) is 11.5. The van der Waals surface area contributed by atoms with Crippen LogP contribution in [-0.2, 0) is 29.8 Å². The van der Waals surface area contributed by atoms with Gasteiger partial charge in [-0.05, 0) is 101 Å². The number of carbonyl (C=O) groups excluding carboxylic acids is 2. The summed E-state index contributed by atoms with van der Waals surface area (Å²) in [6.45, 7) is 9.34. The molecule has 16 nitrogen and oxygen atoms in total. The zero-order valence-electron chi connectivity index (χ0n) is 30.5. The SMILES string of the molecule is CC(=O)C(N=Nc1ccc(-c2ccc(N=NC(C(C)=O)C([O-])=Nc3ccc(C)cc3C)cc2S(=O)(=O)O)c(S(=O)(=O)O)c1)C([O-])=Nc1ccc(C)cc1C.[Mg+2]. The van der Waals surface area contributed by atoms with E-state index in [4.69, 9.17) is 0 Å². The van der Waals surface area contributed by atoms with Crippen molar-refractivity contribution in [3.8, 4) is 11.1 Å². The quantitative estimate of drug-likeness (QED) is 0.0603. The van der Waals surface area contributed by atoms with Crippen molar-refractivity contribution >= 4 is 89.4 Å². The molecule has 0 aliphatic carbocycles. The molecule has 2 atom stereocenters. The number of hydrogen-bond acceptors (Lipinski definition) is 14. The van der Waals surface area contributed by atoms with Crippen molar-refractivity contribution in [2.24, 2.45) is 30.4 Å². The van der Waals surface area contributed by atoms with E-state index in [1.165, 1.54) is 0 Å². The molecule has 0 bridgehead atoms. The third-order valence-corrected chi connectivity index (χ3v) is 9.54. The first-order valence-corrected chi connectivity index (χ1v) is 18.8. The average Bonchev–Trinajstić information content (AvgIpc) is 3.06. The number of nitrogens with zero attached hydrogens (tertiary/aromatic N) is 6. The second kappa shape index (κ2) is 18.1. The van der Waals surface area contributed by atoms with Crippen molar-refractivity contribution in [1.29, 1.82) is 0 Å².